The molecule has 0 radical (unpaired) electrons. The van der Waals surface area contributed by atoms with Crippen LogP contribution < -0.4 is 5.32 Å². The van der Waals surface area contributed by atoms with Crippen LogP contribution in [-0.4, -0.2) is 39.4 Å². The summed E-state index contributed by atoms with van der Waals surface area (Å²) in [6.07, 6.45) is 5.71. The molecule has 30 heavy (non-hydrogen) atoms. The Morgan fingerprint density at radius 2 is 1.90 bits per heavy atom. The monoisotopic (exact) mass is 395 g/mol. The van der Waals surface area contributed by atoms with E-state index >= 15 is 0 Å². The van der Waals surface area contributed by atoms with Crippen LogP contribution in [0.15, 0.2) is 73.1 Å². The van der Waals surface area contributed by atoms with Gasteiger partial charge in [-0.3, -0.25) is 14.7 Å². The SMILES string of the molecule is CC1CN(C#N)C2[C@@H]1N2C(=O)c1ccc(-c2cnccc2Nc2ccccc2)cc1. The third-order valence-electron chi connectivity index (χ3n) is 5.89. The summed E-state index contributed by atoms with van der Waals surface area (Å²) in [7, 11) is 0. The normalized spacial score (nSPS) is 21.7. The Kier molecular flexibility index (Phi) is 4.36. The summed E-state index contributed by atoms with van der Waals surface area (Å²) < 4.78 is 0. The summed E-state index contributed by atoms with van der Waals surface area (Å²) in [6, 6.07) is 19.7. The Bertz CT molecular complexity index is 1120. The quantitative estimate of drug-likeness (QED) is 0.532. The molecule has 2 aliphatic heterocycles. The first-order valence-electron chi connectivity index (χ1n) is 10.0. The number of nitrogens with one attached hydrogen (secondary N) is 1. The van der Waals surface area contributed by atoms with Gasteiger partial charge in [0, 0.05) is 41.4 Å². The van der Waals surface area contributed by atoms with E-state index in [1.165, 1.54) is 0 Å². The maximum atomic E-state index is 12.9. The molecule has 2 aliphatic rings. The summed E-state index contributed by atoms with van der Waals surface area (Å²) in [5, 5.41) is 12.7. The zero-order chi connectivity index (χ0) is 20.7. The van der Waals surface area contributed by atoms with Crippen LogP contribution in [0, 0.1) is 17.4 Å². The highest BCUT2D eigenvalue weighted by atomic mass is 16.2. The topological polar surface area (TPSA) is 72.0 Å². The van der Waals surface area contributed by atoms with E-state index in [4.69, 9.17) is 0 Å². The lowest BCUT2D eigenvalue weighted by molar-refractivity contribution is 0.0816. The van der Waals surface area contributed by atoms with Gasteiger partial charge in [0.05, 0.1) is 6.04 Å². The molecule has 6 heteroatoms. The number of benzene rings is 2. The minimum atomic E-state index is -0.0721. The van der Waals surface area contributed by atoms with E-state index < -0.39 is 0 Å². The molecule has 2 fully saturated rings. The highest BCUT2D eigenvalue weighted by Crippen LogP contribution is 2.44. The number of aromatic nitrogens is 1. The number of carbonyl (C=O) groups excluding carboxylic acids is 1. The first-order valence-corrected chi connectivity index (χ1v) is 10.0. The van der Waals surface area contributed by atoms with Gasteiger partial charge in [0.25, 0.3) is 5.91 Å². The zero-order valence-electron chi connectivity index (χ0n) is 16.6. The van der Waals surface area contributed by atoms with Crippen molar-refractivity contribution in [1.29, 1.82) is 5.26 Å². The van der Waals surface area contributed by atoms with E-state index in [0.717, 1.165) is 29.0 Å². The third-order valence-corrected chi connectivity index (χ3v) is 5.89. The smallest absolute Gasteiger partial charge is 0.255 e. The van der Waals surface area contributed by atoms with Crippen molar-refractivity contribution in [1.82, 2.24) is 14.8 Å². The van der Waals surface area contributed by atoms with Crippen LogP contribution in [0.5, 0.6) is 0 Å². The number of carbonyl (C=O) groups is 1. The van der Waals surface area contributed by atoms with Gasteiger partial charge in [-0.25, -0.2) is 0 Å². The molecule has 2 saturated heterocycles. The van der Waals surface area contributed by atoms with E-state index in [9.17, 15) is 10.1 Å². The molecule has 3 aromatic rings. The van der Waals surface area contributed by atoms with Crippen molar-refractivity contribution in [3.63, 3.8) is 0 Å². The fourth-order valence-electron chi connectivity index (χ4n) is 4.37. The fourth-order valence-corrected chi connectivity index (χ4v) is 4.37. The molecular formula is C24H21N5O. The van der Waals surface area contributed by atoms with Gasteiger partial charge in [-0.1, -0.05) is 37.3 Å². The van der Waals surface area contributed by atoms with Crippen LogP contribution in [0.25, 0.3) is 11.1 Å². The Hall–Kier alpha value is -3.85. The van der Waals surface area contributed by atoms with Crippen molar-refractivity contribution in [2.24, 2.45) is 5.92 Å². The van der Waals surface area contributed by atoms with Crippen molar-refractivity contribution in [3.8, 4) is 17.3 Å². The molecule has 3 atom stereocenters. The van der Waals surface area contributed by atoms with Crippen molar-refractivity contribution >= 4 is 17.3 Å². The Labute approximate surface area is 175 Å². The van der Waals surface area contributed by atoms with Gasteiger partial charge >= 0.3 is 0 Å². The lowest BCUT2D eigenvalue weighted by Gasteiger charge is -2.17. The van der Waals surface area contributed by atoms with Gasteiger partial charge in [0.1, 0.15) is 6.17 Å². The van der Waals surface area contributed by atoms with Crippen molar-refractivity contribution in [3.05, 3.63) is 78.6 Å². The number of fused-ring (bicyclic) bond motifs is 1. The van der Waals surface area contributed by atoms with E-state index in [1.54, 1.807) is 11.1 Å². The van der Waals surface area contributed by atoms with Crippen LogP contribution in [0.1, 0.15) is 17.3 Å². The van der Waals surface area contributed by atoms with Gasteiger partial charge in [0.2, 0.25) is 0 Å². The summed E-state index contributed by atoms with van der Waals surface area (Å²) >= 11 is 0. The number of anilines is 2. The zero-order valence-corrected chi connectivity index (χ0v) is 16.6. The number of nitriles is 1. The minimum absolute atomic E-state index is 0.0165. The number of hydrogen-bond donors (Lipinski definition) is 1. The van der Waals surface area contributed by atoms with Crippen LogP contribution in [0.2, 0.25) is 0 Å². The molecule has 0 bridgehead atoms. The van der Waals surface area contributed by atoms with E-state index in [0.29, 0.717) is 11.5 Å². The first-order chi connectivity index (χ1) is 14.7. The molecule has 1 N–H and O–H groups in total. The molecule has 2 unspecified atom stereocenters. The summed E-state index contributed by atoms with van der Waals surface area (Å²) in [5.74, 6) is 0.303. The van der Waals surface area contributed by atoms with Crippen molar-refractivity contribution in [2.45, 2.75) is 19.1 Å². The maximum Gasteiger partial charge on any atom is 0.255 e. The summed E-state index contributed by atoms with van der Waals surface area (Å²) in [5.41, 5.74) is 4.54. The number of para-hydroxylation sites is 1. The van der Waals surface area contributed by atoms with Gasteiger partial charge in [-0.15, -0.1) is 0 Å². The van der Waals surface area contributed by atoms with Crippen molar-refractivity contribution in [2.75, 3.05) is 11.9 Å². The number of pyridine rings is 1. The van der Waals surface area contributed by atoms with Gasteiger partial charge in [-0.05, 0) is 41.8 Å². The van der Waals surface area contributed by atoms with Crippen LogP contribution in [0.3, 0.4) is 0 Å². The second kappa shape index (κ2) is 7.20. The molecule has 6 nitrogen and oxygen atoms in total. The molecule has 1 aromatic heterocycles. The van der Waals surface area contributed by atoms with Crippen LogP contribution >= 0.6 is 0 Å². The fraction of sp³-hybridized carbons (Fsp3) is 0.208. The third kappa shape index (κ3) is 3.05. The number of amides is 1. The summed E-state index contributed by atoms with van der Waals surface area (Å²) in [4.78, 5) is 20.7. The van der Waals surface area contributed by atoms with E-state index in [2.05, 4.69) is 23.4 Å². The predicted octanol–water partition coefficient (Wildman–Crippen LogP) is 4.08. The number of nitrogens with zero attached hydrogens (tertiary/aromatic N) is 4. The highest BCUT2D eigenvalue weighted by molar-refractivity contribution is 5.97. The average Bonchev–Trinajstić information content (AvgIpc) is 3.45. The van der Waals surface area contributed by atoms with Crippen LogP contribution in [-0.2, 0) is 0 Å². The molecular weight excluding hydrogens is 374 g/mol. The molecule has 0 saturated carbocycles. The lowest BCUT2D eigenvalue weighted by Crippen LogP contribution is -2.30. The average molecular weight is 395 g/mol. The standard InChI is InChI=1S/C24H21N5O/c1-16-14-28(15-25)23-22(16)29(23)24(30)18-9-7-17(8-10-18)20-13-26-12-11-21(20)27-19-5-3-2-4-6-19/h2-13,16,22-23H,14H2,1H3,(H,26,27)/t16?,22-,23?,29?/m1/s1. The van der Waals surface area contributed by atoms with Gasteiger partial charge < -0.3 is 10.2 Å². The lowest BCUT2D eigenvalue weighted by atomic mass is 10.0. The second-order valence-corrected chi connectivity index (χ2v) is 7.84. The van der Waals surface area contributed by atoms with E-state index in [1.807, 2.05) is 71.8 Å². The second-order valence-electron chi connectivity index (χ2n) is 7.84. The Balaban J connectivity index is 1.37. The van der Waals surface area contributed by atoms with Crippen LogP contribution in [0.4, 0.5) is 11.4 Å². The maximum absolute atomic E-state index is 12.9. The Morgan fingerprint density at radius 1 is 1.13 bits per heavy atom. The molecule has 148 valence electrons. The van der Waals surface area contributed by atoms with E-state index in [-0.39, 0.29) is 18.1 Å². The van der Waals surface area contributed by atoms with Gasteiger partial charge in [0.15, 0.2) is 6.19 Å². The van der Waals surface area contributed by atoms with Crippen molar-refractivity contribution < 1.29 is 4.79 Å². The molecule has 3 heterocycles. The summed E-state index contributed by atoms with van der Waals surface area (Å²) in [6.45, 7) is 2.82. The first kappa shape index (κ1) is 18.2. The number of likely N-dealkylation sites (tertiary alicyclic amines) is 1. The predicted molar refractivity (Wildman–Crippen MR) is 115 cm³/mol. The van der Waals surface area contributed by atoms with Gasteiger partial charge in [-0.2, -0.15) is 5.26 Å². The molecule has 1 amide bonds. The molecule has 5 rings (SSSR count). The number of hydrogen-bond acceptors (Lipinski definition) is 5. The Morgan fingerprint density at radius 3 is 2.63 bits per heavy atom. The highest BCUT2D eigenvalue weighted by Gasteiger charge is 2.61. The minimum Gasteiger partial charge on any atom is -0.355 e. The molecule has 2 aromatic carbocycles. The molecule has 0 aliphatic carbocycles. The molecule has 0 spiro atoms. The largest absolute Gasteiger partial charge is 0.355 e. The number of rotatable bonds is 4.